The highest BCUT2D eigenvalue weighted by Gasteiger charge is 2.19. The van der Waals surface area contributed by atoms with Gasteiger partial charge in [-0.3, -0.25) is 4.98 Å². The third-order valence-electron chi connectivity index (χ3n) is 14.9. The Bertz CT molecular complexity index is 4550. The van der Waals surface area contributed by atoms with Crippen LogP contribution in [0, 0.1) is 0 Å². The third kappa shape index (κ3) is 7.14. The van der Waals surface area contributed by atoms with Gasteiger partial charge in [0.05, 0.1) is 22.9 Å². The fraction of sp³-hybridized carbons (Fsp3) is 0. The van der Waals surface area contributed by atoms with Gasteiger partial charge in [0.25, 0.3) is 0 Å². The summed E-state index contributed by atoms with van der Waals surface area (Å²) in [5.41, 5.74) is 17.8. The largest absolute Gasteiger partial charge is 0.252 e. The van der Waals surface area contributed by atoms with Crippen LogP contribution in [-0.2, 0) is 0 Å². The van der Waals surface area contributed by atoms with Crippen LogP contribution in [-0.4, -0.2) is 9.97 Å². The second-order valence-electron chi connectivity index (χ2n) is 19.2. The van der Waals surface area contributed by atoms with Crippen LogP contribution in [0.15, 0.2) is 255 Å². The monoisotopic (exact) mass is 974 g/mol. The molecule has 3 heterocycles. The standard InChI is InChI=1S/C70H42N2S2/c1-3-13-43(14-4-1)45-25-29-47(30-26-45)49-33-35-56-57-36-34-50(48-31-27-46(28-32-48)44-15-5-2-6-16-44)41-63(57)68-67(62(56)40-49)71-42-64(72-68)53-38-51(54-19-11-21-60-58-17-7-9-23-65(58)73-69(54)60)37-52(39-53)55-20-12-22-61-59-18-8-10-24-66(59)74-70(55)61/h1-42H. The molecule has 15 rings (SSSR count). The smallest absolute Gasteiger partial charge is 0.0979 e. The molecule has 0 aliphatic heterocycles. The highest BCUT2D eigenvalue weighted by Crippen LogP contribution is 2.46. The second kappa shape index (κ2) is 17.3. The van der Waals surface area contributed by atoms with Gasteiger partial charge < -0.3 is 0 Å². The molecule has 0 saturated heterocycles. The average molecular weight is 975 g/mol. The van der Waals surface area contributed by atoms with Crippen LogP contribution in [0.2, 0.25) is 0 Å². The van der Waals surface area contributed by atoms with Gasteiger partial charge in [-0.1, -0.05) is 206 Å². The van der Waals surface area contributed by atoms with Crippen LogP contribution in [0.5, 0.6) is 0 Å². The lowest BCUT2D eigenvalue weighted by atomic mass is 9.92. The van der Waals surface area contributed by atoms with Gasteiger partial charge >= 0.3 is 0 Å². The number of thiophene rings is 2. The summed E-state index contributed by atoms with van der Waals surface area (Å²) in [4.78, 5) is 11.2. The number of fused-ring (bicyclic) bond motifs is 12. The molecule has 74 heavy (non-hydrogen) atoms. The molecule has 0 radical (unpaired) electrons. The molecule has 0 atom stereocenters. The van der Waals surface area contributed by atoms with Crippen molar-refractivity contribution in [2.75, 3.05) is 0 Å². The lowest BCUT2D eigenvalue weighted by molar-refractivity contribution is 1.31. The van der Waals surface area contributed by atoms with E-state index in [1.54, 1.807) is 0 Å². The molecular weight excluding hydrogens is 933 g/mol. The summed E-state index contributed by atoms with van der Waals surface area (Å²) in [6.07, 6.45) is 2.00. The number of aromatic nitrogens is 2. The van der Waals surface area contributed by atoms with Gasteiger partial charge in [-0.25, -0.2) is 4.98 Å². The Hall–Kier alpha value is -9.06. The Morgan fingerprint density at radius 2 is 0.635 bits per heavy atom. The van der Waals surface area contributed by atoms with Crippen LogP contribution in [0.3, 0.4) is 0 Å². The summed E-state index contributed by atoms with van der Waals surface area (Å²) in [6, 6.07) is 90.8. The number of benzene rings is 12. The fourth-order valence-electron chi connectivity index (χ4n) is 11.2. The van der Waals surface area contributed by atoms with Gasteiger partial charge in [0.1, 0.15) is 0 Å². The molecule has 4 heteroatoms. The summed E-state index contributed by atoms with van der Waals surface area (Å²) < 4.78 is 5.15. The number of rotatable bonds is 7. The van der Waals surface area contributed by atoms with Crippen molar-refractivity contribution in [3.05, 3.63) is 255 Å². The Morgan fingerprint density at radius 1 is 0.243 bits per heavy atom. The normalized spacial score (nSPS) is 11.8. The van der Waals surface area contributed by atoms with E-state index in [9.17, 15) is 0 Å². The van der Waals surface area contributed by atoms with Crippen LogP contribution in [0.1, 0.15) is 0 Å². The summed E-state index contributed by atoms with van der Waals surface area (Å²) in [7, 11) is 0. The van der Waals surface area contributed by atoms with Gasteiger partial charge in [-0.2, -0.15) is 0 Å². The molecule has 0 aliphatic carbocycles. The number of nitrogens with zero attached hydrogens (tertiary/aromatic N) is 2. The lowest BCUT2D eigenvalue weighted by Gasteiger charge is -2.15. The van der Waals surface area contributed by atoms with E-state index in [1.807, 2.05) is 28.9 Å². The maximum Gasteiger partial charge on any atom is 0.0979 e. The van der Waals surface area contributed by atoms with Crippen molar-refractivity contribution in [3.8, 4) is 78.0 Å². The van der Waals surface area contributed by atoms with E-state index in [-0.39, 0.29) is 0 Å². The predicted molar refractivity (Wildman–Crippen MR) is 318 cm³/mol. The summed E-state index contributed by atoms with van der Waals surface area (Å²) in [5, 5.41) is 9.61. The number of hydrogen-bond acceptors (Lipinski definition) is 4. The first-order valence-corrected chi connectivity index (χ1v) is 26.7. The minimum absolute atomic E-state index is 0.832. The fourth-order valence-corrected chi connectivity index (χ4v) is 13.7. The summed E-state index contributed by atoms with van der Waals surface area (Å²) in [5.74, 6) is 0. The molecule has 0 saturated carbocycles. The van der Waals surface area contributed by atoms with Crippen molar-refractivity contribution in [2.24, 2.45) is 0 Å². The van der Waals surface area contributed by atoms with Gasteiger partial charge in [-0.05, 0) is 120 Å². The topological polar surface area (TPSA) is 25.8 Å². The van der Waals surface area contributed by atoms with Crippen molar-refractivity contribution in [2.45, 2.75) is 0 Å². The van der Waals surface area contributed by atoms with Gasteiger partial charge in [0, 0.05) is 56.7 Å². The molecule has 15 aromatic rings. The summed E-state index contributed by atoms with van der Waals surface area (Å²) in [6.45, 7) is 0. The molecule has 0 aliphatic rings. The zero-order chi connectivity index (χ0) is 48.7. The molecule has 0 spiro atoms. The van der Waals surface area contributed by atoms with E-state index in [0.29, 0.717) is 0 Å². The van der Waals surface area contributed by atoms with Crippen molar-refractivity contribution >= 4 is 95.6 Å². The average Bonchev–Trinajstić information content (AvgIpc) is 4.07. The molecule has 0 N–H and O–H groups in total. The van der Waals surface area contributed by atoms with Crippen LogP contribution in [0.25, 0.3) is 151 Å². The highest BCUT2D eigenvalue weighted by molar-refractivity contribution is 7.26. The Morgan fingerprint density at radius 3 is 1.14 bits per heavy atom. The van der Waals surface area contributed by atoms with Crippen LogP contribution in [0.4, 0.5) is 0 Å². The van der Waals surface area contributed by atoms with Crippen LogP contribution >= 0.6 is 22.7 Å². The molecule has 12 aromatic carbocycles. The molecule has 0 amide bonds. The molecule has 2 nitrogen and oxygen atoms in total. The molecule has 3 aromatic heterocycles. The van der Waals surface area contributed by atoms with Crippen molar-refractivity contribution in [1.29, 1.82) is 0 Å². The van der Waals surface area contributed by atoms with E-state index in [1.165, 1.54) is 73.7 Å². The SMILES string of the molecule is c1ccc(-c2ccc(-c3ccc4c5ccc(-c6ccc(-c7ccccc7)cc6)cc5c5nc(-c6cc(-c7cccc8c7sc7ccccc78)cc(-c7cccc8c7sc7ccccc78)c6)cnc5c4c3)cc2)cc1. The minimum Gasteiger partial charge on any atom is -0.252 e. The van der Waals surface area contributed by atoms with Crippen molar-refractivity contribution in [3.63, 3.8) is 0 Å². The third-order valence-corrected chi connectivity index (χ3v) is 17.4. The van der Waals surface area contributed by atoms with Crippen molar-refractivity contribution < 1.29 is 0 Å². The zero-order valence-electron chi connectivity index (χ0n) is 40.0. The first kappa shape index (κ1) is 42.6. The molecule has 0 fully saturated rings. The molecule has 0 bridgehead atoms. The Kier molecular flexibility index (Phi) is 9.97. The van der Waals surface area contributed by atoms with Gasteiger partial charge in [0.2, 0.25) is 0 Å². The first-order valence-electron chi connectivity index (χ1n) is 25.1. The highest BCUT2D eigenvalue weighted by atomic mass is 32.1. The van der Waals surface area contributed by atoms with E-state index < -0.39 is 0 Å². The Labute approximate surface area is 435 Å². The predicted octanol–water partition coefficient (Wildman–Crippen LogP) is 20.3. The van der Waals surface area contributed by atoms with E-state index in [2.05, 4.69) is 249 Å². The Balaban J connectivity index is 0.951. The first-order chi connectivity index (χ1) is 36.6. The van der Waals surface area contributed by atoms with E-state index >= 15 is 0 Å². The quantitative estimate of drug-likeness (QED) is 0.149. The van der Waals surface area contributed by atoms with E-state index in [0.717, 1.165) is 77.2 Å². The van der Waals surface area contributed by atoms with Gasteiger partial charge in [0.15, 0.2) is 0 Å². The van der Waals surface area contributed by atoms with E-state index in [4.69, 9.17) is 9.97 Å². The zero-order valence-corrected chi connectivity index (χ0v) is 41.6. The maximum absolute atomic E-state index is 5.77. The molecular formula is C70H42N2S2. The minimum atomic E-state index is 0.832. The lowest BCUT2D eigenvalue weighted by Crippen LogP contribution is -1.94. The van der Waals surface area contributed by atoms with Crippen LogP contribution < -0.4 is 0 Å². The number of hydrogen-bond donors (Lipinski definition) is 0. The molecule has 0 unspecified atom stereocenters. The van der Waals surface area contributed by atoms with Gasteiger partial charge in [-0.15, -0.1) is 22.7 Å². The maximum atomic E-state index is 5.77. The second-order valence-corrected chi connectivity index (χ2v) is 21.3. The van der Waals surface area contributed by atoms with Crippen molar-refractivity contribution in [1.82, 2.24) is 9.97 Å². The summed E-state index contributed by atoms with van der Waals surface area (Å²) >= 11 is 3.74. The molecule has 344 valence electrons.